The highest BCUT2D eigenvalue weighted by molar-refractivity contribution is 7.20. The number of para-hydroxylation sites is 4. The fourth-order valence-corrected chi connectivity index (χ4v) is 24.0. The Balaban J connectivity index is 0.882. The maximum absolute atomic E-state index is 5.55. The van der Waals surface area contributed by atoms with E-state index in [4.69, 9.17) is 29.9 Å². The normalized spacial score (nSPS) is 11.8. The van der Waals surface area contributed by atoms with Crippen molar-refractivity contribution < 1.29 is 0 Å². The molecule has 0 N–H and O–H groups in total. The van der Waals surface area contributed by atoms with E-state index >= 15 is 0 Å². The summed E-state index contributed by atoms with van der Waals surface area (Å²) in [4.78, 5) is 33.2. The van der Waals surface area contributed by atoms with Crippen LogP contribution in [0.4, 0.5) is 0 Å². The first-order valence-electron chi connectivity index (χ1n) is 31.8. The SMILES string of the molecule is c1ccc([Si](c2ccccc2)(c2ccccc2)c2cccc(-c3nc(-c4cccc(-c5nc(-c6cccc([Si](c7ccccc7)(c7ccccc7)c7ccccc7)c6)nc(-n6c7ccccc7c7ccccc76)n5)c4)nc(-n4c5ccccc5c5ccccc54)n3)c2)cc1. The van der Waals surface area contributed by atoms with E-state index in [1.54, 1.807) is 0 Å². The topological polar surface area (TPSA) is 87.2 Å². The lowest BCUT2D eigenvalue weighted by Crippen LogP contribution is -2.74. The van der Waals surface area contributed by atoms with Crippen molar-refractivity contribution in [2.24, 2.45) is 0 Å². The molecular formula is C84H58N8Si2. The molecule has 0 aliphatic rings. The standard InChI is InChI=1S/C84H58N8Si2/c1-7-34-63(35-8-1)93(64-36-9-2-10-37-64,65-38-11-3-12-39-65)69-46-28-32-61(57-69)81-85-79(87-83(89-81)91-75-52-23-19-48-71(75)72-49-20-24-53-76(72)91)59-30-27-31-60(56-59)80-86-82(90-84(88-80)92-77-54-25-21-50-73(77)74-51-22-26-55-78(74)92)62-33-29-47-70(58-62)94(66-40-13-4-14-41-66,67-42-15-5-16-43-67)68-44-17-6-18-45-68/h1-58H. The van der Waals surface area contributed by atoms with Gasteiger partial charge in [0.1, 0.15) is 0 Å². The highest BCUT2D eigenvalue weighted by Crippen LogP contribution is 2.35. The van der Waals surface area contributed by atoms with Crippen molar-refractivity contribution >= 4 is 101 Å². The zero-order valence-electron chi connectivity index (χ0n) is 51.1. The molecule has 0 saturated carbocycles. The first kappa shape index (κ1) is 55.9. The fraction of sp³-hybridized carbons (Fsp3) is 0. The minimum atomic E-state index is -2.97. The Hall–Kier alpha value is -12.1. The molecule has 17 rings (SSSR count). The van der Waals surface area contributed by atoms with E-state index < -0.39 is 16.1 Å². The Morgan fingerprint density at radius 2 is 0.394 bits per heavy atom. The van der Waals surface area contributed by atoms with Crippen molar-refractivity contribution in [3.05, 3.63) is 352 Å². The number of aromatic nitrogens is 8. The zero-order valence-corrected chi connectivity index (χ0v) is 53.1. The third kappa shape index (κ3) is 9.41. The van der Waals surface area contributed by atoms with E-state index in [-0.39, 0.29) is 0 Å². The van der Waals surface area contributed by atoms with Gasteiger partial charge in [0.2, 0.25) is 11.9 Å². The summed E-state index contributed by atoms with van der Waals surface area (Å²) in [5, 5.41) is 14.5. The Morgan fingerprint density at radius 1 is 0.181 bits per heavy atom. The third-order valence-electron chi connectivity index (χ3n) is 18.5. The van der Waals surface area contributed by atoms with Crippen molar-refractivity contribution in [1.82, 2.24) is 39.0 Å². The summed E-state index contributed by atoms with van der Waals surface area (Å²) < 4.78 is 4.36. The van der Waals surface area contributed by atoms with Gasteiger partial charge >= 0.3 is 0 Å². The number of hydrogen-bond acceptors (Lipinski definition) is 6. The van der Waals surface area contributed by atoms with Gasteiger partial charge in [-0.3, -0.25) is 9.13 Å². The highest BCUT2D eigenvalue weighted by Gasteiger charge is 2.43. The van der Waals surface area contributed by atoms with Gasteiger partial charge in [-0.25, -0.2) is 9.97 Å². The van der Waals surface area contributed by atoms with Crippen molar-refractivity contribution in [3.63, 3.8) is 0 Å². The minimum absolute atomic E-state index is 0.500. The minimum Gasteiger partial charge on any atom is -0.278 e. The molecule has 4 aromatic heterocycles. The van der Waals surface area contributed by atoms with Gasteiger partial charge in [-0.1, -0.05) is 322 Å². The van der Waals surface area contributed by atoms with Crippen LogP contribution >= 0.6 is 0 Å². The maximum atomic E-state index is 5.55. The molecule has 0 aliphatic heterocycles. The smallest absolute Gasteiger partial charge is 0.238 e. The lowest BCUT2D eigenvalue weighted by Gasteiger charge is -2.34. The summed E-state index contributed by atoms with van der Waals surface area (Å²) in [6.45, 7) is 0. The van der Waals surface area contributed by atoms with E-state index in [9.17, 15) is 0 Å². The first-order chi connectivity index (χ1) is 46.6. The van der Waals surface area contributed by atoms with Crippen LogP contribution in [-0.4, -0.2) is 55.2 Å². The number of benzene rings is 13. The Bertz CT molecular complexity index is 4980. The van der Waals surface area contributed by atoms with Gasteiger partial charge in [0, 0.05) is 43.8 Å². The van der Waals surface area contributed by atoms with E-state index in [2.05, 4.69) is 361 Å². The molecule has 13 aromatic carbocycles. The fourth-order valence-electron chi connectivity index (χ4n) is 14.4. The van der Waals surface area contributed by atoms with Crippen molar-refractivity contribution in [2.75, 3.05) is 0 Å². The molecule has 10 heteroatoms. The summed E-state index contributed by atoms with van der Waals surface area (Å²) in [5.74, 6) is 3.10. The van der Waals surface area contributed by atoms with Gasteiger partial charge in [0.15, 0.2) is 39.4 Å². The molecule has 0 amide bonds. The largest absolute Gasteiger partial charge is 0.278 e. The number of nitrogens with zero attached hydrogens (tertiary/aromatic N) is 8. The van der Waals surface area contributed by atoms with Crippen LogP contribution in [0.15, 0.2) is 352 Å². The van der Waals surface area contributed by atoms with Gasteiger partial charge in [-0.2, -0.15) is 19.9 Å². The molecule has 0 saturated heterocycles. The zero-order chi connectivity index (χ0) is 62.4. The quantitative estimate of drug-likeness (QED) is 0.0796. The van der Waals surface area contributed by atoms with E-state index in [1.165, 1.54) is 41.5 Å². The molecule has 0 aliphatic carbocycles. The number of hydrogen-bond donors (Lipinski definition) is 0. The molecule has 0 radical (unpaired) electrons. The Morgan fingerprint density at radius 3 is 0.660 bits per heavy atom. The molecule has 17 aromatic rings. The lowest BCUT2D eigenvalue weighted by atomic mass is 10.1. The second-order valence-electron chi connectivity index (χ2n) is 23.7. The van der Waals surface area contributed by atoms with Crippen LogP contribution in [0.1, 0.15) is 0 Å². The molecule has 442 valence electrons. The van der Waals surface area contributed by atoms with Gasteiger partial charge in [-0.05, 0) is 71.8 Å². The molecule has 8 nitrogen and oxygen atoms in total. The van der Waals surface area contributed by atoms with Crippen LogP contribution in [0.5, 0.6) is 0 Å². The monoisotopic (exact) mass is 1230 g/mol. The summed E-state index contributed by atoms with van der Waals surface area (Å²) in [6, 6.07) is 126. The molecule has 0 atom stereocenters. The summed E-state index contributed by atoms with van der Waals surface area (Å²) in [7, 11) is -5.93. The van der Waals surface area contributed by atoms with Crippen LogP contribution in [0, 0.1) is 0 Å². The van der Waals surface area contributed by atoms with E-state index in [0.717, 1.165) is 65.9 Å². The van der Waals surface area contributed by atoms with Crippen LogP contribution < -0.4 is 41.5 Å². The maximum Gasteiger partial charge on any atom is 0.238 e. The van der Waals surface area contributed by atoms with Gasteiger partial charge in [0.05, 0.1) is 22.1 Å². The second-order valence-corrected chi connectivity index (χ2v) is 31.4. The molecule has 0 unspecified atom stereocenters. The summed E-state index contributed by atoms with van der Waals surface area (Å²) in [5.41, 5.74) is 7.26. The molecular weight excluding hydrogens is 1180 g/mol. The summed E-state index contributed by atoms with van der Waals surface area (Å²) >= 11 is 0. The molecule has 0 fully saturated rings. The van der Waals surface area contributed by atoms with Crippen LogP contribution in [0.25, 0.3) is 101 Å². The van der Waals surface area contributed by atoms with E-state index in [0.29, 0.717) is 35.2 Å². The number of fused-ring (bicyclic) bond motifs is 6. The average molecular weight is 1240 g/mol. The van der Waals surface area contributed by atoms with Crippen molar-refractivity contribution in [1.29, 1.82) is 0 Å². The van der Waals surface area contributed by atoms with Crippen LogP contribution in [0.2, 0.25) is 0 Å². The van der Waals surface area contributed by atoms with Gasteiger partial charge < -0.3 is 0 Å². The second kappa shape index (κ2) is 23.6. The predicted octanol–water partition coefficient (Wildman–Crippen LogP) is 13.7. The molecule has 4 heterocycles. The predicted molar refractivity (Wildman–Crippen MR) is 391 cm³/mol. The summed E-state index contributed by atoms with van der Waals surface area (Å²) in [6.07, 6.45) is 0. The molecule has 0 bridgehead atoms. The first-order valence-corrected chi connectivity index (χ1v) is 35.8. The van der Waals surface area contributed by atoms with Gasteiger partial charge in [0.25, 0.3) is 0 Å². The van der Waals surface area contributed by atoms with Crippen molar-refractivity contribution in [2.45, 2.75) is 0 Å². The molecule has 94 heavy (non-hydrogen) atoms. The van der Waals surface area contributed by atoms with Crippen LogP contribution in [-0.2, 0) is 0 Å². The molecule has 0 spiro atoms. The van der Waals surface area contributed by atoms with Gasteiger partial charge in [-0.15, -0.1) is 0 Å². The van der Waals surface area contributed by atoms with E-state index in [1.807, 2.05) is 0 Å². The third-order valence-corrected chi connectivity index (χ3v) is 28.1. The Labute approximate surface area is 546 Å². The van der Waals surface area contributed by atoms with Crippen LogP contribution in [0.3, 0.4) is 0 Å². The highest BCUT2D eigenvalue weighted by atomic mass is 28.3. The van der Waals surface area contributed by atoms with Crippen molar-refractivity contribution in [3.8, 4) is 57.4 Å². The Kier molecular flexibility index (Phi) is 14.1. The number of rotatable bonds is 14. The lowest BCUT2D eigenvalue weighted by molar-refractivity contribution is 0.951. The average Bonchev–Trinajstić information content (AvgIpc) is 1.37.